The number of ether oxygens (including phenoxy) is 6. The van der Waals surface area contributed by atoms with Crippen molar-refractivity contribution in [3.63, 3.8) is 0 Å². The van der Waals surface area contributed by atoms with Gasteiger partial charge in [0, 0.05) is 5.92 Å². The van der Waals surface area contributed by atoms with E-state index in [4.69, 9.17) is 28.4 Å². The zero-order valence-corrected chi connectivity index (χ0v) is 13.9. The predicted octanol–water partition coefficient (Wildman–Crippen LogP) is 2.37. The van der Waals surface area contributed by atoms with Crippen molar-refractivity contribution in [2.24, 2.45) is 5.92 Å². The van der Waals surface area contributed by atoms with Crippen LogP contribution < -0.4 is 0 Å². The van der Waals surface area contributed by atoms with Crippen molar-refractivity contribution in [2.75, 3.05) is 26.4 Å². The lowest BCUT2D eigenvalue weighted by molar-refractivity contribution is 0.0682. The molecule has 0 radical (unpaired) electrons. The molecule has 2 aliphatic carbocycles. The lowest BCUT2D eigenvalue weighted by atomic mass is 9.86. The van der Waals surface area contributed by atoms with Gasteiger partial charge in [0.1, 0.15) is 37.9 Å². The summed E-state index contributed by atoms with van der Waals surface area (Å²) in [5, 5.41) is 0. The summed E-state index contributed by atoms with van der Waals surface area (Å²) in [6, 6.07) is 0. The third kappa shape index (κ3) is 3.68. The highest BCUT2D eigenvalue weighted by Gasteiger charge is 2.30. The minimum Gasteiger partial charge on any atom is -0.493 e. The molecular formula is C18H18O8. The summed E-state index contributed by atoms with van der Waals surface area (Å²) >= 11 is 0. The van der Waals surface area contributed by atoms with Crippen LogP contribution in [0.15, 0.2) is 47.5 Å². The average molecular weight is 362 g/mol. The third-order valence-electron chi connectivity index (χ3n) is 4.33. The number of hydrogen-bond acceptors (Lipinski definition) is 8. The van der Waals surface area contributed by atoms with Gasteiger partial charge in [0.25, 0.3) is 0 Å². The van der Waals surface area contributed by atoms with E-state index in [2.05, 4.69) is 0 Å². The first-order valence-corrected chi connectivity index (χ1v) is 8.40. The predicted molar refractivity (Wildman–Crippen MR) is 85.8 cm³/mol. The molecule has 3 atom stereocenters. The number of carbonyl (C=O) groups is 2. The fraction of sp³-hybridized carbons (Fsp3) is 0.444. The van der Waals surface area contributed by atoms with Crippen molar-refractivity contribution >= 4 is 12.3 Å². The van der Waals surface area contributed by atoms with Gasteiger partial charge in [0.05, 0.1) is 0 Å². The molecule has 2 heterocycles. The highest BCUT2D eigenvalue weighted by molar-refractivity contribution is 5.62. The number of fused-ring (bicyclic) bond motifs is 1. The summed E-state index contributed by atoms with van der Waals surface area (Å²) in [6.07, 6.45) is 8.39. The molecule has 8 nitrogen and oxygen atoms in total. The molecule has 0 saturated carbocycles. The molecule has 0 spiro atoms. The molecule has 0 N–H and O–H groups in total. The maximum atomic E-state index is 11.0. The Kier molecular flexibility index (Phi) is 4.55. The minimum atomic E-state index is -0.657. The summed E-state index contributed by atoms with van der Waals surface area (Å²) in [6.45, 7) is 0.932. The highest BCUT2D eigenvalue weighted by Crippen LogP contribution is 2.35. The van der Waals surface area contributed by atoms with Crippen molar-refractivity contribution in [3.05, 3.63) is 47.5 Å². The maximum absolute atomic E-state index is 11.0. The van der Waals surface area contributed by atoms with Gasteiger partial charge in [0.2, 0.25) is 0 Å². The molecule has 2 saturated heterocycles. The summed E-state index contributed by atoms with van der Waals surface area (Å²) in [5.41, 5.74) is 1.07. The second kappa shape index (κ2) is 7.15. The second-order valence-corrected chi connectivity index (χ2v) is 6.19. The first kappa shape index (κ1) is 16.6. The zero-order chi connectivity index (χ0) is 17.9. The van der Waals surface area contributed by atoms with Crippen LogP contribution in [0.2, 0.25) is 0 Å². The molecule has 2 aliphatic heterocycles. The number of allylic oxidation sites excluding steroid dienone is 6. The smallest absolute Gasteiger partial charge is 0.493 e. The van der Waals surface area contributed by atoms with Gasteiger partial charge in [0.15, 0.2) is 12.2 Å². The Morgan fingerprint density at radius 3 is 2.35 bits per heavy atom. The summed E-state index contributed by atoms with van der Waals surface area (Å²) in [4.78, 5) is 21.9. The van der Waals surface area contributed by atoms with Gasteiger partial charge in [-0.25, -0.2) is 9.59 Å². The van der Waals surface area contributed by atoms with E-state index in [1.165, 1.54) is 0 Å². The van der Waals surface area contributed by atoms with Crippen LogP contribution in [-0.2, 0) is 28.4 Å². The van der Waals surface area contributed by atoms with Crippen LogP contribution in [0.5, 0.6) is 0 Å². The largest absolute Gasteiger partial charge is 0.508 e. The van der Waals surface area contributed by atoms with Crippen molar-refractivity contribution in [1.29, 1.82) is 0 Å². The van der Waals surface area contributed by atoms with Gasteiger partial charge < -0.3 is 28.4 Å². The average Bonchev–Trinajstić information content (AvgIpc) is 3.26. The Balaban J connectivity index is 1.30. The molecule has 26 heavy (non-hydrogen) atoms. The zero-order valence-electron chi connectivity index (χ0n) is 13.9. The normalized spacial score (nSPS) is 29.4. The molecule has 8 heteroatoms. The highest BCUT2D eigenvalue weighted by atomic mass is 16.8. The fourth-order valence-electron chi connectivity index (χ4n) is 3.03. The number of cyclic esters (lactones) is 4. The van der Waals surface area contributed by atoms with Gasteiger partial charge in [-0.15, -0.1) is 0 Å². The second-order valence-electron chi connectivity index (χ2n) is 6.19. The van der Waals surface area contributed by atoms with Gasteiger partial charge in [-0.2, -0.15) is 0 Å². The van der Waals surface area contributed by atoms with E-state index in [0.717, 1.165) is 23.5 Å². The fourth-order valence-corrected chi connectivity index (χ4v) is 3.03. The van der Waals surface area contributed by atoms with Crippen LogP contribution in [-0.4, -0.2) is 50.9 Å². The Hall–Kier alpha value is -2.90. The molecule has 0 amide bonds. The Labute approximate surface area is 149 Å². The van der Waals surface area contributed by atoms with Crippen LogP contribution in [0.4, 0.5) is 9.59 Å². The van der Waals surface area contributed by atoms with Crippen LogP contribution in [0, 0.1) is 5.92 Å². The van der Waals surface area contributed by atoms with Gasteiger partial charge in [-0.05, 0) is 30.2 Å². The van der Waals surface area contributed by atoms with Gasteiger partial charge in [-0.1, -0.05) is 12.2 Å². The Morgan fingerprint density at radius 2 is 1.69 bits per heavy atom. The summed E-state index contributed by atoms with van der Waals surface area (Å²) < 4.78 is 30.9. The molecule has 138 valence electrons. The first-order chi connectivity index (χ1) is 12.7. The maximum Gasteiger partial charge on any atom is 0.508 e. The summed E-state index contributed by atoms with van der Waals surface area (Å²) in [7, 11) is 0. The topological polar surface area (TPSA) is 89.5 Å². The Bertz CT molecular complexity index is 717. The molecule has 0 bridgehead atoms. The van der Waals surface area contributed by atoms with Crippen molar-refractivity contribution in [2.45, 2.75) is 18.6 Å². The lowest BCUT2D eigenvalue weighted by Crippen LogP contribution is -2.22. The number of rotatable bonds is 6. The third-order valence-corrected chi connectivity index (χ3v) is 4.33. The quantitative estimate of drug-likeness (QED) is 0.666. The first-order valence-electron chi connectivity index (χ1n) is 8.40. The van der Waals surface area contributed by atoms with Crippen LogP contribution in [0.1, 0.15) is 6.42 Å². The monoisotopic (exact) mass is 362 g/mol. The van der Waals surface area contributed by atoms with E-state index in [0.29, 0.717) is 0 Å². The van der Waals surface area contributed by atoms with Crippen molar-refractivity contribution in [1.82, 2.24) is 0 Å². The molecule has 4 aliphatic rings. The van der Waals surface area contributed by atoms with Gasteiger partial charge in [-0.3, -0.25) is 0 Å². The molecular weight excluding hydrogens is 344 g/mol. The molecule has 3 unspecified atom stereocenters. The molecule has 2 fully saturated rings. The SMILES string of the molecule is O=C1OCC(COC2=CCC3C(=C2)C=CC=C3OCC2COC(=O)O2)O1. The molecule has 0 aromatic carbocycles. The van der Waals surface area contributed by atoms with Gasteiger partial charge >= 0.3 is 12.3 Å². The van der Waals surface area contributed by atoms with E-state index in [1.54, 1.807) is 0 Å². The minimum absolute atomic E-state index is 0.0954. The van der Waals surface area contributed by atoms with E-state index >= 15 is 0 Å². The van der Waals surface area contributed by atoms with E-state index in [-0.39, 0.29) is 44.6 Å². The van der Waals surface area contributed by atoms with Crippen molar-refractivity contribution < 1.29 is 38.0 Å². The lowest BCUT2D eigenvalue weighted by Gasteiger charge is -2.27. The van der Waals surface area contributed by atoms with Crippen LogP contribution in [0.3, 0.4) is 0 Å². The van der Waals surface area contributed by atoms with E-state index < -0.39 is 12.3 Å². The summed E-state index contributed by atoms with van der Waals surface area (Å²) in [5.74, 6) is 1.64. The number of hydrogen-bond donors (Lipinski definition) is 0. The van der Waals surface area contributed by atoms with E-state index in [9.17, 15) is 9.59 Å². The molecule has 0 aromatic rings. The van der Waals surface area contributed by atoms with Crippen LogP contribution in [0.25, 0.3) is 0 Å². The molecule has 4 rings (SSSR count). The van der Waals surface area contributed by atoms with Crippen LogP contribution >= 0.6 is 0 Å². The standard InChI is InChI=1S/C18H18O8/c19-17-23-9-13(25-17)7-21-12-4-5-15-11(6-12)2-1-3-16(15)22-8-14-10-24-18(20)26-14/h1-4,6,13-15H,5,7-10H2. The van der Waals surface area contributed by atoms with Crippen molar-refractivity contribution in [3.8, 4) is 0 Å². The molecule has 0 aromatic heterocycles. The van der Waals surface area contributed by atoms with E-state index in [1.807, 2.05) is 30.4 Å². The Morgan fingerprint density at radius 1 is 1.00 bits per heavy atom. The number of carbonyl (C=O) groups excluding carboxylic acids is 2.